The Morgan fingerprint density at radius 1 is 1.00 bits per heavy atom. The van der Waals surface area contributed by atoms with E-state index in [4.69, 9.17) is 0 Å². The highest BCUT2D eigenvalue weighted by molar-refractivity contribution is 6.09. The van der Waals surface area contributed by atoms with E-state index < -0.39 is 6.04 Å². The van der Waals surface area contributed by atoms with Crippen molar-refractivity contribution in [3.05, 3.63) is 12.2 Å². The predicted molar refractivity (Wildman–Crippen MR) is 86.4 cm³/mol. The van der Waals surface area contributed by atoms with Gasteiger partial charge in [-0.15, -0.1) is 0 Å². The van der Waals surface area contributed by atoms with Gasteiger partial charge in [0.15, 0.2) is 0 Å². The van der Waals surface area contributed by atoms with Gasteiger partial charge in [0.1, 0.15) is 6.04 Å². The summed E-state index contributed by atoms with van der Waals surface area (Å²) < 4.78 is 0. The van der Waals surface area contributed by atoms with Crippen molar-refractivity contribution in [3.63, 3.8) is 0 Å². The topological polar surface area (TPSA) is 57.7 Å². The molecule has 24 heavy (non-hydrogen) atoms. The molecule has 6 aliphatic rings. The van der Waals surface area contributed by atoms with Crippen molar-refractivity contribution in [1.29, 1.82) is 0 Å². The number of carbonyl (C=O) groups excluding carboxylic acids is 3. The van der Waals surface area contributed by atoms with Crippen LogP contribution in [0.1, 0.15) is 32.6 Å². The van der Waals surface area contributed by atoms with Gasteiger partial charge in [0.05, 0.1) is 11.8 Å². The Bertz CT molecular complexity index is 615. The fraction of sp³-hybridized carbons (Fsp3) is 0.737. The van der Waals surface area contributed by atoms with Crippen molar-refractivity contribution in [2.75, 3.05) is 13.1 Å². The summed E-state index contributed by atoms with van der Waals surface area (Å²) >= 11 is 0. The highest BCUT2D eigenvalue weighted by atomic mass is 16.2. The maximum atomic E-state index is 13.0. The molecule has 0 unspecified atom stereocenters. The summed E-state index contributed by atoms with van der Waals surface area (Å²) in [7, 11) is 0. The Morgan fingerprint density at radius 3 is 2.08 bits per heavy atom. The summed E-state index contributed by atoms with van der Waals surface area (Å²) in [6.45, 7) is 3.24. The molecule has 6 rings (SSSR count). The van der Waals surface area contributed by atoms with Crippen LogP contribution in [0.4, 0.5) is 0 Å². The SMILES string of the molecule is C[C@H](C(=O)N1CCCCC1)N1C(=O)[C@@H]2[C@H]3C=C[C@@H]([C@@H]4C[C@@H]34)[C@@H]2C1=O. The van der Waals surface area contributed by atoms with Crippen molar-refractivity contribution in [3.8, 4) is 0 Å². The zero-order chi connectivity index (χ0) is 16.6. The molecule has 7 atom stereocenters. The number of carbonyl (C=O) groups is 3. The van der Waals surface area contributed by atoms with E-state index in [9.17, 15) is 14.4 Å². The van der Waals surface area contributed by atoms with Crippen LogP contribution in [-0.2, 0) is 14.4 Å². The normalized spacial score (nSPS) is 43.7. The van der Waals surface area contributed by atoms with Crippen molar-refractivity contribution >= 4 is 17.7 Å². The molecule has 2 heterocycles. The summed E-state index contributed by atoms with van der Waals surface area (Å²) in [4.78, 5) is 42.0. The molecule has 3 amide bonds. The highest BCUT2D eigenvalue weighted by Gasteiger charge is 2.67. The lowest BCUT2D eigenvalue weighted by molar-refractivity contribution is -0.151. The van der Waals surface area contributed by atoms with Gasteiger partial charge in [-0.3, -0.25) is 19.3 Å². The Kier molecular flexibility index (Phi) is 3.01. The Labute approximate surface area is 142 Å². The highest BCUT2D eigenvalue weighted by Crippen LogP contribution is 2.65. The number of piperidine rings is 1. The molecule has 4 fully saturated rings. The first-order valence-corrected chi connectivity index (χ1v) is 9.43. The van der Waals surface area contributed by atoms with Crippen molar-refractivity contribution < 1.29 is 14.4 Å². The van der Waals surface area contributed by atoms with Crippen LogP contribution in [0.25, 0.3) is 0 Å². The Hall–Kier alpha value is -1.65. The van der Waals surface area contributed by atoms with Crippen LogP contribution in [0.15, 0.2) is 12.2 Å². The first-order chi connectivity index (χ1) is 11.6. The summed E-state index contributed by atoms with van der Waals surface area (Å²) in [5.74, 6) is 1.02. The first kappa shape index (κ1) is 14.7. The lowest BCUT2D eigenvalue weighted by atomic mass is 9.63. The second-order valence-corrected chi connectivity index (χ2v) is 8.26. The fourth-order valence-electron chi connectivity index (χ4n) is 5.85. The number of hydrogen-bond donors (Lipinski definition) is 0. The second kappa shape index (κ2) is 4.93. The van der Waals surface area contributed by atoms with Gasteiger partial charge in [-0.05, 0) is 56.3 Å². The van der Waals surface area contributed by atoms with Crippen LogP contribution in [0.3, 0.4) is 0 Å². The number of imide groups is 1. The van der Waals surface area contributed by atoms with Crippen LogP contribution in [0.5, 0.6) is 0 Å². The third-order valence-electron chi connectivity index (χ3n) is 7.11. The molecule has 0 aromatic heterocycles. The summed E-state index contributed by atoms with van der Waals surface area (Å²) in [5.41, 5.74) is 0. The van der Waals surface area contributed by atoms with Crippen LogP contribution in [-0.4, -0.2) is 46.7 Å². The van der Waals surface area contributed by atoms with E-state index in [2.05, 4.69) is 12.2 Å². The fourth-order valence-corrected chi connectivity index (χ4v) is 5.85. The minimum atomic E-state index is -0.649. The van der Waals surface area contributed by atoms with Crippen molar-refractivity contribution in [2.45, 2.75) is 38.6 Å². The Balaban J connectivity index is 1.40. The van der Waals surface area contributed by atoms with Gasteiger partial charge in [0.2, 0.25) is 17.7 Å². The molecule has 4 aliphatic carbocycles. The molecule has 5 nitrogen and oxygen atoms in total. The molecule has 2 bridgehead atoms. The first-order valence-electron chi connectivity index (χ1n) is 9.43. The van der Waals surface area contributed by atoms with Gasteiger partial charge in [-0.25, -0.2) is 0 Å². The number of amides is 3. The van der Waals surface area contributed by atoms with Gasteiger partial charge in [-0.2, -0.15) is 0 Å². The van der Waals surface area contributed by atoms with Gasteiger partial charge in [-0.1, -0.05) is 12.2 Å². The van der Waals surface area contributed by atoms with Crippen LogP contribution in [0.2, 0.25) is 0 Å². The smallest absolute Gasteiger partial charge is 0.245 e. The van der Waals surface area contributed by atoms with E-state index in [-0.39, 0.29) is 41.4 Å². The lowest BCUT2D eigenvalue weighted by Crippen LogP contribution is -2.51. The summed E-state index contributed by atoms with van der Waals surface area (Å²) in [6.07, 6.45) is 8.70. The molecule has 0 N–H and O–H groups in total. The maximum Gasteiger partial charge on any atom is 0.245 e. The minimum Gasteiger partial charge on any atom is -0.341 e. The third-order valence-corrected chi connectivity index (χ3v) is 7.11. The lowest BCUT2D eigenvalue weighted by Gasteiger charge is -2.37. The molecule has 2 saturated heterocycles. The number of likely N-dealkylation sites (tertiary alicyclic amines) is 2. The van der Waals surface area contributed by atoms with Gasteiger partial charge in [0, 0.05) is 13.1 Å². The molecule has 2 saturated carbocycles. The Morgan fingerprint density at radius 2 is 1.54 bits per heavy atom. The van der Waals surface area contributed by atoms with E-state index >= 15 is 0 Å². The monoisotopic (exact) mass is 328 g/mol. The largest absolute Gasteiger partial charge is 0.341 e. The molecule has 0 aromatic carbocycles. The van der Waals surface area contributed by atoms with Gasteiger partial charge in [0.25, 0.3) is 0 Å². The molecular weight excluding hydrogens is 304 g/mol. The number of rotatable bonds is 2. The quantitative estimate of drug-likeness (QED) is 0.569. The number of allylic oxidation sites excluding steroid dienone is 2. The van der Waals surface area contributed by atoms with Crippen LogP contribution < -0.4 is 0 Å². The standard InChI is InChI=1S/C19H24N2O3/c1-10(17(22)20-7-3-2-4-8-20)21-18(23)15-11-5-6-12(14-9-13(11)14)16(15)19(21)24/h5-6,10-16H,2-4,7-9H2,1H3/t10-,11+,12+,13+,14+,15-,16+/m1/s1. The zero-order valence-corrected chi connectivity index (χ0v) is 14.1. The number of hydrogen-bond acceptors (Lipinski definition) is 3. The molecule has 2 aliphatic heterocycles. The molecule has 0 radical (unpaired) electrons. The minimum absolute atomic E-state index is 0.0551. The van der Waals surface area contributed by atoms with Crippen LogP contribution >= 0.6 is 0 Å². The van der Waals surface area contributed by atoms with Crippen LogP contribution in [0, 0.1) is 35.5 Å². The van der Waals surface area contributed by atoms with E-state index in [1.54, 1.807) is 6.92 Å². The molecule has 5 heteroatoms. The zero-order valence-electron chi connectivity index (χ0n) is 14.1. The molecule has 0 aromatic rings. The van der Waals surface area contributed by atoms with E-state index in [1.165, 1.54) is 4.90 Å². The van der Waals surface area contributed by atoms with E-state index in [0.717, 1.165) is 38.8 Å². The number of nitrogens with zero attached hydrogens (tertiary/aromatic N) is 2. The second-order valence-electron chi connectivity index (χ2n) is 8.26. The predicted octanol–water partition coefficient (Wildman–Crippen LogP) is 1.44. The molecule has 0 spiro atoms. The van der Waals surface area contributed by atoms with E-state index in [0.29, 0.717) is 11.8 Å². The summed E-state index contributed by atoms with van der Waals surface area (Å²) in [6, 6.07) is -0.649. The molecular formula is C19H24N2O3. The molecule has 128 valence electrons. The average Bonchev–Trinajstić information content (AvgIpc) is 3.39. The third kappa shape index (κ3) is 1.78. The maximum absolute atomic E-state index is 13.0. The van der Waals surface area contributed by atoms with Crippen molar-refractivity contribution in [2.24, 2.45) is 35.5 Å². The van der Waals surface area contributed by atoms with Gasteiger partial charge >= 0.3 is 0 Å². The van der Waals surface area contributed by atoms with Gasteiger partial charge < -0.3 is 4.90 Å². The summed E-state index contributed by atoms with van der Waals surface area (Å²) in [5, 5.41) is 0. The average molecular weight is 328 g/mol. The van der Waals surface area contributed by atoms with Crippen molar-refractivity contribution in [1.82, 2.24) is 9.80 Å². The van der Waals surface area contributed by atoms with E-state index in [1.807, 2.05) is 4.90 Å².